The van der Waals surface area contributed by atoms with Gasteiger partial charge in [0, 0.05) is 22.3 Å². The van der Waals surface area contributed by atoms with Crippen LogP contribution < -0.4 is 0 Å². The highest BCUT2D eigenvalue weighted by atomic mass is 16.4. The third-order valence-corrected chi connectivity index (χ3v) is 9.19. The van der Waals surface area contributed by atoms with Crippen LogP contribution in [0.1, 0.15) is 32.6 Å². The molecule has 5 aliphatic heterocycles. The number of rotatable bonds is 5. The Morgan fingerprint density at radius 1 is 0.412 bits per heavy atom. The first-order valence-corrected chi connectivity index (χ1v) is 16.7. The summed E-state index contributed by atoms with van der Waals surface area (Å²) in [4.78, 5) is 32.7. The van der Waals surface area contributed by atoms with Crippen LogP contribution in [-0.2, 0) is 0 Å². The van der Waals surface area contributed by atoms with Crippen molar-refractivity contribution in [3.05, 3.63) is 214 Å². The van der Waals surface area contributed by atoms with Gasteiger partial charge >= 0.3 is 5.97 Å². The van der Waals surface area contributed by atoms with Crippen molar-refractivity contribution >= 4 is 51.1 Å². The van der Waals surface area contributed by atoms with E-state index in [0.717, 1.165) is 84.5 Å². The zero-order valence-corrected chi connectivity index (χ0v) is 27.2. The number of carbonyl (C=O) groups is 1. The van der Waals surface area contributed by atoms with E-state index in [1.165, 1.54) is 0 Å². The third kappa shape index (κ3) is 5.55. The highest BCUT2D eigenvalue weighted by Crippen LogP contribution is 2.38. The van der Waals surface area contributed by atoms with E-state index in [4.69, 9.17) is 20.0 Å². The molecule has 0 aliphatic carbocycles. The van der Waals surface area contributed by atoms with Gasteiger partial charge in [-0.15, -0.1) is 0 Å². The first kappa shape index (κ1) is 30.0. The Labute approximate surface area is 294 Å². The zero-order chi connectivity index (χ0) is 34.3. The molecule has 0 fully saturated rings. The molecule has 6 heteroatoms. The lowest BCUT2D eigenvalue weighted by Gasteiger charge is -2.11. The molecule has 0 spiro atoms. The number of hydrogen-bond acceptors (Lipinski definition) is 5. The van der Waals surface area contributed by atoms with E-state index in [1.807, 2.05) is 97.1 Å². The van der Waals surface area contributed by atoms with Gasteiger partial charge in [0.05, 0.1) is 51.2 Å². The smallest absolute Gasteiger partial charge is 0.335 e. The topological polar surface area (TPSA) is 86.7 Å². The summed E-state index contributed by atoms with van der Waals surface area (Å²) < 4.78 is 0. The highest BCUT2D eigenvalue weighted by Gasteiger charge is 2.27. The maximum absolute atomic E-state index is 11.8. The second-order valence-corrected chi connectivity index (χ2v) is 12.4. The normalized spacial score (nSPS) is 17.4. The van der Waals surface area contributed by atoms with Crippen LogP contribution >= 0.6 is 0 Å². The first-order valence-electron chi connectivity index (χ1n) is 16.7. The Hall–Kier alpha value is -7.05. The van der Waals surface area contributed by atoms with Gasteiger partial charge in [-0.3, -0.25) is 0 Å². The van der Waals surface area contributed by atoms with E-state index in [1.54, 1.807) is 12.1 Å². The number of benzene rings is 4. The van der Waals surface area contributed by atoms with Gasteiger partial charge in [-0.1, -0.05) is 103 Å². The summed E-state index contributed by atoms with van der Waals surface area (Å²) in [7, 11) is 0. The summed E-state index contributed by atoms with van der Waals surface area (Å²) in [6.45, 7) is 0. The summed E-state index contributed by atoms with van der Waals surface area (Å²) in [6.07, 6.45) is 16.3. The van der Waals surface area contributed by atoms with Gasteiger partial charge in [-0.25, -0.2) is 24.8 Å². The molecule has 0 saturated carbocycles. The predicted octanol–water partition coefficient (Wildman–Crippen LogP) is 9.39. The summed E-state index contributed by atoms with van der Waals surface area (Å²) >= 11 is 0. The molecule has 1 N–H and O–H groups in total. The van der Waals surface area contributed by atoms with Crippen molar-refractivity contribution in [3.8, 4) is 0 Å². The van der Waals surface area contributed by atoms with Crippen LogP contribution in [0.2, 0.25) is 0 Å². The highest BCUT2D eigenvalue weighted by molar-refractivity contribution is 6.39. The number of nitrogens with zero attached hydrogens (tertiary/aromatic N) is 4. The number of hydrogen-bond donors (Lipinski definition) is 1. The van der Waals surface area contributed by atoms with E-state index < -0.39 is 5.97 Å². The Morgan fingerprint density at radius 3 is 1.41 bits per heavy atom. The van der Waals surface area contributed by atoms with Gasteiger partial charge in [-0.05, 0) is 83.0 Å². The van der Waals surface area contributed by atoms with Gasteiger partial charge in [0.2, 0.25) is 0 Å². The third-order valence-electron chi connectivity index (χ3n) is 9.19. The van der Waals surface area contributed by atoms with Gasteiger partial charge in [0.25, 0.3) is 0 Å². The molecule has 0 saturated heterocycles. The summed E-state index contributed by atoms with van der Waals surface area (Å²) in [5.41, 5.74) is 13.8. The lowest BCUT2D eigenvalue weighted by molar-refractivity contribution is 0.0697. The number of allylic oxidation sites excluding steroid dienone is 12. The van der Waals surface area contributed by atoms with Gasteiger partial charge in [0.15, 0.2) is 0 Å². The van der Waals surface area contributed by atoms with E-state index in [-0.39, 0.29) is 5.56 Å². The van der Waals surface area contributed by atoms with Crippen molar-refractivity contribution in [2.75, 3.05) is 0 Å². The molecule has 0 unspecified atom stereocenters. The SMILES string of the molecule is O=C(O)c1ccc(C2=C3C=C(c4ccccc4)C(=N3)C=C3C=CC(=N3)C(c3ccccc3)=C3C=CC(=N3)C(c3ccccc3)=C3C=CC2=N3)cc1. The molecule has 51 heavy (non-hydrogen) atoms. The van der Waals surface area contributed by atoms with Crippen LogP contribution in [0.15, 0.2) is 207 Å². The monoisotopic (exact) mass is 656 g/mol. The molecule has 0 atom stereocenters. The van der Waals surface area contributed by atoms with Crippen LogP contribution in [-0.4, -0.2) is 33.9 Å². The van der Waals surface area contributed by atoms with Gasteiger partial charge in [0.1, 0.15) is 0 Å². The van der Waals surface area contributed by atoms with E-state index in [2.05, 4.69) is 54.6 Å². The van der Waals surface area contributed by atoms with Gasteiger partial charge in [-0.2, -0.15) is 0 Å². The van der Waals surface area contributed by atoms with Crippen molar-refractivity contribution in [1.82, 2.24) is 0 Å². The van der Waals surface area contributed by atoms with E-state index in [9.17, 15) is 9.90 Å². The molecule has 4 aromatic carbocycles. The van der Waals surface area contributed by atoms with Crippen molar-refractivity contribution in [3.63, 3.8) is 0 Å². The lowest BCUT2D eigenvalue weighted by Crippen LogP contribution is -2.03. The minimum Gasteiger partial charge on any atom is -0.478 e. The molecule has 0 aromatic heterocycles. The lowest BCUT2D eigenvalue weighted by atomic mass is 9.96. The van der Waals surface area contributed by atoms with Crippen molar-refractivity contribution < 1.29 is 9.90 Å². The fourth-order valence-electron chi connectivity index (χ4n) is 6.81. The molecule has 9 rings (SSSR count). The Bertz CT molecular complexity index is 2530. The van der Waals surface area contributed by atoms with Crippen LogP contribution in [0.4, 0.5) is 0 Å². The minimum absolute atomic E-state index is 0.209. The van der Waals surface area contributed by atoms with Crippen LogP contribution in [0.25, 0.3) is 22.3 Å². The molecule has 240 valence electrons. The molecule has 6 nitrogen and oxygen atoms in total. The maximum Gasteiger partial charge on any atom is 0.335 e. The molecule has 0 amide bonds. The fraction of sp³-hybridized carbons (Fsp3) is 0. The summed E-state index contributed by atoms with van der Waals surface area (Å²) in [5.74, 6) is -0.981. The first-order chi connectivity index (χ1) is 25.1. The van der Waals surface area contributed by atoms with Gasteiger partial charge < -0.3 is 5.11 Å². The number of fused-ring (bicyclic) bond motifs is 4. The fourth-order valence-corrected chi connectivity index (χ4v) is 6.81. The molecular formula is C45H28N4O2. The summed E-state index contributed by atoms with van der Waals surface area (Å²) in [5, 5.41) is 9.65. The van der Waals surface area contributed by atoms with Crippen molar-refractivity contribution in [1.29, 1.82) is 0 Å². The standard InChI is InChI=1S/C45H28N4O2/c50-45(51)32-18-16-31(17-19-32)44-39-25-24-38(48-39)43(30-14-8-3-9-15-30)37-23-22-36(47-37)42(29-12-6-2-7-13-29)35-21-20-33(46-35)26-40-34(27-41(44)49-40)28-10-4-1-5-11-28/h1-27H,(H,50,51). The van der Waals surface area contributed by atoms with Crippen molar-refractivity contribution in [2.24, 2.45) is 20.0 Å². The van der Waals surface area contributed by atoms with E-state index >= 15 is 0 Å². The number of aromatic carboxylic acids is 1. The maximum atomic E-state index is 11.8. The quantitative estimate of drug-likeness (QED) is 0.232. The number of carboxylic acids is 1. The Balaban J connectivity index is 1.35. The Morgan fingerprint density at radius 2 is 0.863 bits per heavy atom. The largest absolute Gasteiger partial charge is 0.478 e. The van der Waals surface area contributed by atoms with Crippen molar-refractivity contribution in [2.45, 2.75) is 0 Å². The average Bonchev–Trinajstić information content (AvgIpc) is 4.00. The number of aliphatic imine (C=N–C) groups is 4. The second-order valence-electron chi connectivity index (χ2n) is 12.4. The molecule has 5 heterocycles. The van der Waals surface area contributed by atoms with Crippen LogP contribution in [0.3, 0.4) is 0 Å². The second kappa shape index (κ2) is 12.4. The minimum atomic E-state index is -0.981. The predicted molar refractivity (Wildman–Crippen MR) is 207 cm³/mol. The van der Waals surface area contributed by atoms with Crippen LogP contribution in [0, 0.1) is 0 Å². The molecule has 8 bridgehead atoms. The molecular weight excluding hydrogens is 629 g/mol. The Kier molecular flexibility index (Phi) is 7.33. The average molecular weight is 657 g/mol. The van der Waals surface area contributed by atoms with Crippen LogP contribution in [0.5, 0.6) is 0 Å². The summed E-state index contributed by atoms with van der Waals surface area (Å²) in [6, 6.07) is 37.5. The molecule has 4 aromatic rings. The van der Waals surface area contributed by atoms with E-state index in [0.29, 0.717) is 5.71 Å². The number of carboxylic acid groups (broad SMARTS) is 1. The molecule has 5 aliphatic rings. The zero-order valence-electron chi connectivity index (χ0n) is 27.2. The molecule has 0 radical (unpaired) electrons.